The van der Waals surface area contributed by atoms with E-state index >= 15 is 0 Å². The molecule has 1 aliphatic rings. The molecule has 0 spiro atoms. The third-order valence-electron chi connectivity index (χ3n) is 6.20. The van der Waals surface area contributed by atoms with E-state index in [9.17, 15) is 4.79 Å². The van der Waals surface area contributed by atoms with Crippen LogP contribution in [0.1, 0.15) is 34.8 Å². The van der Waals surface area contributed by atoms with Gasteiger partial charge in [0, 0.05) is 35.0 Å². The highest BCUT2D eigenvalue weighted by Gasteiger charge is 2.29. The van der Waals surface area contributed by atoms with E-state index in [2.05, 4.69) is 30.1 Å². The van der Waals surface area contributed by atoms with Crippen molar-refractivity contribution in [1.29, 1.82) is 0 Å². The predicted octanol–water partition coefficient (Wildman–Crippen LogP) is 6.79. The summed E-state index contributed by atoms with van der Waals surface area (Å²) in [6, 6.07) is 18.2. The minimum absolute atomic E-state index is 0.229. The smallest absolute Gasteiger partial charge is 0.292 e. The van der Waals surface area contributed by atoms with E-state index in [4.69, 9.17) is 9.40 Å². The summed E-state index contributed by atoms with van der Waals surface area (Å²) in [4.78, 5) is 21.9. The molecule has 5 aromatic rings. The third kappa shape index (κ3) is 3.66. The Kier molecular flexibility index (Phi) is 5.05. The van der Waals surface area contributed by atoms with Gasteiger partial charge in [-0.25, -0.2) is 4.98 Å². The number of benzene rings is 2. The molecule has 0 unspecified atom stereocenters. The molecule has 3 aromatic heterocycles. The molecule has 7 heteroatoms. The van der Waals surface area contributed by atoms with Crippen LogP contribution >= 0.6 is 22.7 Å². The number of thiazole rings is 1. The van der Waals surface area contributed by atoms with E-state index < -0.39 is 0 Å². The van der Waals surface area contributed by atoms with Crippen molar-refractivity contribution in [3.05, 3.63) is 70.8 Å². The molecular weight excluding hydrogens is 450 g/mol. The van der Waals surface area contributed by atoms with Gasteiger partial charge in [-0.2, -0.15) is 0 Å². The molecular formula is C26H23N3O2S2. The van der Waals surface area contributed by atoms with Crippen LogP contribution in [0.25, 0.3) is 31.8 Å². The lowest BCUT2D eigenvalue weighted by molar-refractivity contribution is 0.0999. The summed E-state index contributed by atoms with van der Waals surface area (Å²) in [6.45, 7) is 6.38. The minimum atomic E-state index is -0.229. The van der Waals surface area contributed by atoms with Crippen molar-refractivity contribution in [1.82, 2.24) is 9.88 Å². The first-order chi connectivity index (χ1) is 16.1. The van der Waals surface area contributed by atoms with Crippen LogP contribution in [0.5, 0.6) is 0 Å². The number of fused-ring (bicyclic) bond motifs is 3. The van der Waals surface area contributed by atoms with Crippen molar-refractivity contribution in [3.8, 4) is 10.6 Å². The molecule has 33 heavy (non-hydrogen) atoms. The van der Waals surface area contributed by atoms with Gasteiger partial charge in [0.05, 0.1) is 10.2 Å². The van der Waals surface area contributed by atoms with Crippen LogP contribution in [0.3, 0.4) is 0 Å². The molecule has 2 aromatic carbocycles. The molecule has 1 amide bonds. The van der Waals surface area contributed by atoms with E-state index in [0.717, 1.165) is 50.7 Å². The highest BCUT2D eigenvalue weighted by molar-refractivity contribution is 7.23. The number of aromatic nitrogens is 1. The summed E-state index contributed by atoms with van der Waals surface area (Å²) in [5.74, 6) is 0.0921. The predicted molar refractivity (Wildman–Crippen MR) is 136 cm³/mol. The first kappa shape index (κ1) is 20.6. The summed E-state index contributed by atoms with van der Waals surface area (Å²) >= 11 is 3.35. The van der Waals surface area contributed by atoms with E-state index in [1.165, 1.54) is 10.4 Å². The molecule has 4 heterocycles. The third-order valence-corrected chi connectivity index (χ3v) is 8.39. The van der Waals surface area contributed by atoms with Crippen LogP contribution in [0.15, 0.2) is 59.0 Å². The van der Waals surface area contributed by atoms with Crippen molar-refractivity contribution < 1.29 is 9.21 Å². The van der Waals surface area contributed by atoms with Crippen molar-refractivity contribution >= 4 is 54.8 Å². The highest BCUT2D eigenvalue weighted by atomic mass is 32.1. The van der Waals surface area contributed by atoms with Crippen molar-refractivity contribution in [2.45, 2.75) is 32.9 Å². The minimum Gasteiger partial charge on any atom is -0.451 e. The van der Waals surface area contributed by atoms with Gasteiger partial charge in [-0.05, 0) is 50.1 Å². The number of anilines is 1. The zero-order chi connectivity index (χ0) is 22.5. The fourth-order valence-corrected chi connectivity index (χ4v) is 6.79. The maximum atomic E-state index is 13.2. The van der Waals surface area contributed by atoms with E-state index in [1.54, 1.807) is 28.7 Å². The van der Waals surface area contributed by atoms with Crippen LogP contribution in [0.4, 0.5) is 5.00 Å². The Hall–Kier alpha value is -3.00. The van der Waals surface area contributed by atoms with Gasteiger partial charge >= 0.3 is 0 Å². The lowest BCUT2D eigenvalue weighted by Gasteiger charge is -2.30. The number of hydrogen-bond acceptors (Lipinski definition) is 6. The van der Waals surface area contributed by atoms with Gasteiger partial charge in [0.2, 0.25) is 0 Å². The summed E-state index contributed by atoms with van der Waals surface area (Å²) in [5, 5.41) is 5.91. The summed E-state index contributed by atoms with van der Waals surface area (Å²) in [6.07, 6.45) is 0.954. The van der Waals surface area contributed by atoms with Gasteiger partial charge < -0.3 is 9.73 Å². The molecule has 0 saturated heterocycles. The van der Waals surface area contributed by atoms with Gasteiger partial charge in [0.15, 0.2) is 5.76 Å². The topological polar surface area (TPSA) is 58.4 Å². The van der Waals surface area contributed by atoms with Gasteiger partial charge in [0.25, 0.3) is 5.91 Å². The van der Waals surface area contributed by atoms with E-state index in [-0.39, 0.29) is 5.91 Å². The molecule has 0 saturated carbocycles. The van der Waals surface area contributed by atoms with Crippen LogP contribution < -0.4 is 5.32 Å². The normalized spacial score (nSPS) is 14.3. The van der Waals surface area contributed by atoms with Crippen molar-refractivity contribution in [2.24, 2.45) is 0 Å². The van der Waals surface area contributed by atoms with Crippen LogP contribution in [-0.4, -0.2) is 28.4 Å². The molecule has 0 aliphatic carbocycles. The number of hydrogen-bond donors (Lipinski definition) is 1. The molecule has 1 aliphatic heterocycles. The van der Waals surface area contributed by atoms with Crippen LogP contribution in [0.2, 0.25) is 0 Å². The molecule has 0 radical (unpaired) electrons. The maximum absolute atomic E-state index is 13.2. The number of nitrogens with zero attached hydrogens (tertiary/aromatic N) is 2. The largest absolute Gasteiger partial charge is 0.451 e. The van der Waals surface area contributed by atoms with Gasteiger partial charge in [-0.1, -0.05) is 30.3 Å². The van der Waals surface area contributed by atoms with Gasteiger partial charge in [0.1, 0.15) is 15.6 Å². The Labute approximate surface area is 199 Å². The second kappa shape index (κ2) is 8.09. The number of thiophene rings is 1. The number of para-hydroxylation sites is 2. The second-order valence-electron chi connectivity index (χ2n) is 8.61. The Morgan fingerprint density at radius 1 is 1.12 bits per heavy atom. The SMILES string of the molecule is CC(C)N1CCc2c(sc(NC(=O)c3cc4ccccc4o3)c2-c2nc3ccccc3s2)C1. The second-order valence-corrected chi connectivity index (χ2v) is 10.7. The zero-order valence-electron chi connectivity index (χ0n) is 18.4. The first-order valence-electron chi connectivity index (χ1n) is 11.1. The molecule has 5 nitrogen and oxygen atoms in total. The number of carbonyl (C=O) groups excluding carboxylic acids is 1. The Morgan fingerprint density at radius 3 is 2.76 bits per heavy atom. The Morgan fingerprint density at radius 2 is 1.94 bits per heavy atom. The van der Waals surface area contributed by atoms with Crippen molar-refractivity contribution in [3.63, 3.8) is 0 Å². The number of nitrogens with one attached hydrogen (secondary N) is 1. The molecule has 1 N–H and O–H groups in total. The average molecular weight is 474 g/mol. The fourth-order valence-electron chi connectivity index (χ4n) is 4.42. The lowest BCUT2D eigenvalue weighted by Crippen LogP contribution is -2.35. The number of carbonyl (C=O) groups is 1. The zero-order valence-corrected chi connectivity index (χ0v) is 20.1. The molecule has 0 atom stereocenters. The number of rotatable bonds is 4. The van der Waals surface area contributed by atoms with Crippen LogP contribution in [-0.2, 0) is 13.0 Å². The Balaban J connectivity index is 1.42. The summed E-state index contributed by atoms with van der Waals surface area (Å²) in [5.41, 5.74) is 4.10. The maximum Gasteiger partial charge on any atom is 0.292 e. The van der Waals surface area contributed by atoms with Gasteiger partial charge in [-0.15, -0.1) is 22.7 Å². The summed E-state index contributed by atoms with van der Waals surface area (Å²) in [7, 11) is 0. The number of furan rings is 1. The molecule has 166 valence electrons. The Bertz CT molecular complexity index is 1430. The molecule has 0 fully saturated rings. The highest BCUT2D eigenvalue weighted by Crippen LogP contribution is 2.46. The fraction of sp³-hybridized carbons (Fsp3) is 0.231. The van der Waals surface area contributed by atoms with E-state index in [1.807, 2.05) is 42.5 Å². The molecule has 0 bridgehead atoms. The van der Waals surface area contributed by atoms with Gasteiger partial charge in [-0.3, -0.25) is 9.69 Å². The number of amides is 1. The first-order valence-corrected chi connectivity index (χ1v) is 12.7. The van der Waals surface area contributed by atoms with Crippen LogP contribution in [0, 0.1) is 0 Å². The summed E-state index contributed by atoms with van der Waals surface area (Å²) < 4.78 is 6.97. The quantitative estimate of drug-likeness (QED) is 0.312. The van der Waals surface area contributed by atoms with Crippen molar-refractivity contribution in [2.75, 3.05) is 11.9 Å². The average Bonchev–Trinajstić information content (AvgIpc) is 3.52. The van der Waals surface area contributed by atoms with E-state index in [0.29, 0.717) is 17.4 Å². The molecule has 6 rings (SSSR count). The monoisotopic (exact) mass is 473 g/mol. The lowest BCUT2D eigenvalue weighted by atomic mass is 10.0. The standard InChI is InChI=1S/C26H23N3O2S2/c1-15(2)29-12-11-17-22(14-29)33-26(23(17)25-27-18-8-4-6-10-21(18)32-25)28-24(30)20-13-16-7-3-5-9-19(16)31-20/h3-10,13,15H,11-12,14H2,1-2H3,(H,28,30).